The molecule has 0 aromatic rings. The molecule has 1 saturated heterocycles. The van der Waals surface area contributed by atoms with E-state index in [0.29, 0.717) is 0 Å². The van der Waals surface area contributed by atoms with Crippen LogP contribution in [0.5, 0.6) is 0 Å². The Labute approximate surface area is 65.6 Å². The van der Waals surface area contributed by atoms with Crippen LogP contribution in [0.2, 0.25) is 0 Å². The largest absolute Gasteiger partial charge is 0.306 e. The van der Waals surface area contributed by atoms with Crippen LogP contribution in [-0.4, -0.2) is 30.0 Å². The van der Waals surface area contributed by atoms with Crippen molar-refractivity contribution in [2.24, 2.45) is 0 Å². The van der Waals surface area contributed by atoms with Crippen molar-refractivity contribution >= 4 is 22.6 Å². The van der Waals surface area contributed by atoms with E-state index < -0.39 is 0 Å². The molecule has 0 aliphatic carbocycles. The number of alkyl halides is 1. The standard InChI is InChI=1S/C5H11N.CH3I/c1-6-4-2-3-5-6;1-2/h2-5H2,1H3;1H3. The first-order valence-corrected chi connectivity index (χ1v) is 5.12. The molecule has 0 unspecified atom stereocenters. The second-order valence-corrected chi connectivity index (χ2v) is 2.01. The molecule has 50 valence electrons. The van der Waals surface area contributed by atoms with Gasteiger partial charge in [-0.1, -0.05) is 22.6 Å². The molecule has 2 heteroatoms. The molecule has 0 radical (unpaired) electrons. The van der Waals surface area contributed by atoms with Crippen LogP contribution in [0.3, 0.4) is 0 Å². The maximum absolute atomic E-state index is 2.36. The minimum Gasteiger partial charge on any atom is -0.306 e. The molecule has 0 N–H and O–H groups in total. The predicted octanol–water partition coefficient (Wildman–Crippen LogP) is 1.76. The maximum Gasteiger partial charge on any atom is -0.00213 e. The molecule has 0 bridgehead atoms. The van der Waals surface area contributed by atoms with Crippen molar-refractivity contribution in [3.63, 3.8) is 0 Å². The Morgan fingerprint density at radius 2 is 1.50 bits per heavy atom. The summed E-state index contributed by atoms with van der Waals surface area (Å²) >= 11 is 2.15. The number of halogens is 1. The molecule has 1 heterocycles. The Morgan fingerprint density at radius 1 is 1.12 bits per heavy atom. The van der Waals surface area contributed by atoms with Gasteiger partial charge in [0.1, 0.15) is 0 Å². The third-order valence-electron chi connectivity index (χ3n) is 1.33. The molecule has 1 nitrogen and oxygen atoms in total. The fraction of sp³-hybridized carbons (Fsp3) is 1.00. The van der Waals surface area contributed by atoms with Crippen LogP contribution < -0.4 is 0 Å². The van der Waals surface area contributed by atoms with E-state index >= 15 is 0 Å². The first-order valence-electron chi connectivity index (χ1n) is 2.96. The van der Waals surface area contributed by atoms with Gasteiger partial charge in [0.25, 0.3) is 0 Å². The van der Waals surface area contributed by atoms with E-state index in [0.717, 1.165) is 0 Å². The second-order valence-electron chi connectivity index (χ2n) is 2.01. The van der Waals surface area contributed by atoms with Gasteiger partial charge in [-0.2, -0.15) is 0 Å². The smallest absolute Gasteiger partial charge is 0.00213 e. The van der Waals surface area contributed by atoms with E-state index in [2.05, 4.69) is 34.5 Å². The lowest BCUT2D eigenvalue weighted by Gasteiger charge is -2.01. The fourth-order valence-electron chi connectivity index (χ4n) is 0.875. The van der Waals surface area contributed by atoms with Gasteiger partial charge >= 0.3 is 0 Å². The summed E-state index contributed by atoms with van der Waals surface area (Å²) in [5.74, 6) is 0. The van der Waals surface area contributed by atoms with Gasteiger partial charge in [-0.05, 0) is 37.9 Å². The Bertz CT molecular complexity index is 41.8. The van der Waals surface area contributed by atoms with E-state index in [1.807, 2.05) is 4.93 Å². The molecule has 0 atom stereocenters. The molecule has 1 fully saturated rings. The van der Waals surface area contributed by atoms with Crippen molar-refractivity contribution in [2.75, 3.05) is 25.1 Å². The van der Waals surface area contributed by atoms with Crippen LogP contribution >= 0.6 is 22.6 Å². The Hall–Kier alpha value is 0.690. The van der Waals surface area contributed by atoms with Gasteiger partial charge in [-0.25, -0.2) is 0 Å². The minimum absolute atomic E-state index is 1.32. The summed E-state index contributed by atoms with van der Waals surface area (Å²) in [5.41, 5.74) is 0. The summed E-state index contributed by atoms with van der Waals surface area (Å²) in [7, 11) is 2.17. The summed E-state index contributed by atoms with van der Waals surface area (Å²) in [5, 5.41) is 0. The van der Waals surface area contributed by atoms with Gasteiger partial charge in [0.2, 0.25) is 0 Å². The number of rotatable bonds is 0. The number of nitrogens with zero attached hydrogens (tertiary/aromatic N) is 1. The number of hydrogen-bond acceptors (Lipinski definition) is 1. The van der Waals surface area contributed by atoms with Gasteiger partial charge in [-0.15, -0.1) is 0 Å². The maximum atomic E-state index is 2.36. The van der Waals surface area contributed by atoms with Gasteiger partial charge in [0, 0.05) is 0 Å². The predicted molar refractivity (Wildman–Crippen MR) is 46.7 cm³/mol. The van der Waals surface area contributed by atoms with Crippen molar-refractivity contribution in [2.45, 2.75) is 12.8 Å². The van der Waals surface area contributed by atoms with Crippen molar-refractivity contribution in [1.82, 2.24) is 4.90 Å². The third kappa shape index (κ3) is 3.66. The van der Waals surface area contributed by atoms with Crippen molar-refractivity contribution < 1.29 is 0 Å². The van der Waals surface area contributed by atoms with Crippen LogP contribution in [0.1, 0.15) is 12.8 Å². The highest BCUT2D eigenvalue weighted by molar-refractivity contribution is 14.1. The van der Waals surface area contributed by atoms with Gasteiger partial charge in [-0.3, -0.25) is 0 Å². The molecule has 0 saturated carbocycles. The molecular formula is C6H14IN. The van der Waals surface area contributed by atoms with E-state index in [-0.39, 0.29) is 0 Å². The highest BCUT2D eigenvalue weighted by Crippen LogP contribution is 2.01. The monoisotopic (exact) mass is 227 g/mol. The van der Waals surface area contributed by atoms with Crippen LogP contribution in [-0.2, 0) is 0 Å². The highest BCUT2D eigenvalue weighted by Gasteiger charge is 2.03. The van der Waals surface area contributed by atoms with Crippen LogP contribution in [0.25, 0.3) is 0 Å². The number of likely N-dealkylation sites (tertiary alicyclic amines) is 1. The van der Waals surface area contributed by atoms with Crippen molar-refractivity contribution in [1.29, 1.82) is 0 Å². The summed E-state index contributed by atoms with van der Waals surface area (Å²) in [4.78, 5) is 4.33. The lowest BCUT2D eigenvalue weighted by molar-refractivity contribution is 0.418. The zero-order valence-corrected chi connectivity index (χ0v) is 7.81. The minimum atomic E-state index is 1.32. The molecule has 1 aliphatic rings. The van der Waals surface area contributed by atoms with E-state index in [4.69, 9.17) is 0 Å². The fourth-order valence-corrected chi connectivity index (χ4v) is 0.875. The van der Waals surface area contributed by atoms with E-state index in [9.17, 15) is 0 Å². The molecule has 0 spiro atoms. The quantitative estimate of drug-likeness (QED) is 0.450. The highest BCUT2D eigenvalue weighted by atomic mass is 127. The summed E-state index contributed by atoms with van der Waals surface area (Å²) in [6, 6.07) is 0. The Kier molecular flexibility index (Phi) is 6.32. The first-order chi connectivity index (χ1) is 3.89. The molecule has 1 rings (SSSR count). The van der Waals surface area contributed by atoms with Crippen LogP contribution in [0.15, 0.2) is 0 Å². The zero-order valence-electron chi connectivity index (χ0n) is 5.65. The van der Waals surface area contributed by atoms with Crippen molar-refractivity contribution in [3.8, 4) is 0 Å². The average molecular weight is 227 g/mol. The normalized spacial score (nSPS) is 19.9. The molecule has 8 heavy (non-hydrogen) atoms. The third-order valence-corrected chi connectivity index (χ3v) is 1.33. The van der Waals surface area contributed by atoms with Gasteiger partial charge < -0.3 is 4.90 Å². The zero-order chi connectivity index (χ0) is 6.41. The summed E-state index contributed by atoms with van der Waals surface area (Å²) in [6.07, 6.45) is 2.83. The Balaban J connectivity index is 0.000000222. The van der Waals surface area contributed by atoms with Gasteiger partial charge in [0.15, 0.2) is 0 Å². The lowest BCUT2D eigenvalue weighted by atomic mass is 10.4. The van der Waals surface area contributed by atoms with E-state index in [1.54, 1.807) is 0 Å². The molecule has 0 amide bonds. The number of hydrogen-bond donors (Lipinski definition) is 0. The van der Waals surface area contributed by atoms with Crippen LogP contribution in [0.4, 0.5) is 0 Å². The Morgan fingerprint density at radius 3 is 1.62 bits per heavy atom. The van der Waals surface area contributed by atoms with E-state index in [1.165, 1.54) is 25.9 Å². The molecule has 0 aromatic carbocycles. The SMILES string of the molecule is CI.CN1CCCC1. The first kappa shape index (κ1) is 8.69. The summed E-state index contributed by atoms with van der Waals surface area (Å²) in [6.45, 7) is 2.64. The molecular weight excluding hydrogens is 213 g/mol. The summed E-state index contributed by atoms with van der Waals surface area (Å²) < 4.78 is 0. The average Bonchev–Trinajstić information content (AvgIpc) is 2.24. The van der Waals surface area contributed by atoms with Crippen molar-refractivity contribution in [3.05, 3.63) is 0 Å². The van der Waals surface area contributed by atoms with Gasteiger partial charge in [0.05, 0.1) is 0 Å². The second kappa shape index (κ2) is 5.82. The lowest BCUT2D eigenvalue weighted by Crippen LogP contribution is -2.10. The molecule has 1 aliphatic heterocycles. The molecule has 0 aromatic heterocycles. The topological polar surface area (TPSA) is 3.24 Å². The van der Waals surface area contributed by atoms with Crippen LogP contribution in [0, 0.1) is 0 Å².